The van der Waals surface area contributed by atoms with E-state index in [2.05, 4.69) is 4.98 Å². The Balaban J connectivity index is 2.84. The average molecular weight is 183 g/mol. The lowest BCUT2D eigenvalue weighted by atomic mass is 10.3. The van der Waals surface area contributed by atoms with Crippen LogP contribution in [0.1, 0.15) is 11.4 Å². The largest absolute Gasteiger partial charge is 0.324 e. The number of aromatic nitrogens is 1. The van der Waals surface area contributed by atoms with E-state index in [0.29, 0.717) is 6.16 Å². The molecule has 0 amide bonds. The van der Waals surface area contributed by atoms with Gasteiger partial charge in [-0.1, -0.05) is 6.07 Å². The summed E-state index contributed by atoms with van der Waals surface area (Å²) in [6.45, 7) is 5.52. The maximum absolute atomic E-state index is 11.5. The van der Waals surface area contributed by atoms with Crippen molar-refractivity contribution in [3.05, 3.63) is 29.6 Å². The van der Waals surface area contributed by atoms with Gasteiger partial charge >= 0.3 is 0 Å². The highest BCUT2D eigenvalue weighted by Crippen LogP contribution is 2.39. The summed E-state index contributed by atoms with van der Waals surface area (Å²) in [4.78, 5) is 4.29. The predicted molar refractivity (Wildman–Crippen MR) is 52.1 cm³/mol. The zero-order valence-electron chi connectivity index (χ0n) is 7.74. The molecule has 0 bridgehead atoms. The second-order valence-electron chi connectivity index (χ2n) is 3.50. The molecule has 0 aliphatic carbocycles. The molecule has 0 aliphatic rings. The van der Waals surface area contributed by atoms with Crippen LogP contribution in [0.25, 0.3) is 0 Å². The van der Waals surface area contributed by atoms with Crippen molar-refractivity contribution in [3.63, 3.8) is 0 Å². The molecule has 0 spiro atoms. The van der Waals surface area contributed by atoms with Gasteiger partial charge in [-0.25, -0.2) is 0 Å². The molecule has 1 heterocycles. The average Bonchev–Trinajstić information content (AvgIpc) is 1.82. The van der Waals surface area contributed by atoms with Crippen molar-refractivity contribution >= 4 is 7.14 Å². The number of pyridine rings is 1. The van der Waals surface area contributed by atoms with Crippen LogP contribution >= 0.6 is 7.14 Å². The lowest BCUT2D eigenvalue weighted by Crippen LogP contribution is -1.91. The Bertz CT molecular complexity index is 316. The first-order valence-corrected chi connectivity index (χ1v) is 6.72. The summed E-state index contributed by atoms with van der Waals surface area (Å²) in [6.07, 6.45) is 0.606. The second kappa shape index (κ2) is 3.40. The lowest BCUT2D eigenvalue weighted by Gasteiger charge is -2.05. The van der Waals surface area contributed by atoms with E-state index in [1.54, 1.807) is 13.3 Å². The van der Waals surface area contributed by atoms with Gasteiger partial charge in [0.05, 0.1) is 7.14 Å². The summed E-state index contributed by atoms with van der Waals surface area (Å²) in [5.41, 5.74) is 1.92. The van der Waals surface area contributed by atoms with Crippen LogP contribution in [-0.2, 0) is 10.7 Å². The van der Waals surface area contributed by atoms with Crippen LogP contribution in [0, 0.1) is 6.92 Å². The highest BCUT2D eigenvalue weighted by Gasteiger charge is 2.08. The first-order chi connectivity index (χ1) is 5.47. The van der Waals surface area contributed by atoms with E-state index in [0.717, 1.165) is 11.4 Å². The smallest absolute Gasteiger partial charge is 0.0876 e. The van der Waals surface area contributed by atoms with Gasteiger partial charge in [-0.3, -0.25) is 4.98 Å². The molecule has 0 fully saturated rings. The molecule has 0 aliphatic heterocycles. The van der Waals surface area contributed by atoms with Crippen molar-refractivity contribution in [3.8, 4) is 0 Å². The summed E-state index contributed by atoms with van der Waals surface area (Å²) in [7, 11) is -1.97. The van der Waals surface area contributed by atoms with Crippen LogP contribution in [0.5, 0.6) is 0 Å². The third-order valence-corrected chi connectivity index (χ3v) is 2.57. The molecule has 66 valence electrons. The van der Waals surface area contributed by atoms with Gasteiger partial charge in [0, 0.05) is 17.5 Å². The normalized spacial score (nSPS) is 11.6. The number of hydrogen-bond donors (Lipinski definition) is 0. The molecule has 1 aromatic heterocycles. The maximum atomic E-state index is 11.5. The Morgan fingerprint density at radius 2 is 2.08 bits per heavy atom. The van der Waals surface area contributed by atoms with Gasteiger partial charge in [0.2, 0.25) is 0 Å². The number of nitrogens with zero attached hydrogens (tertiary/aromatic N) is 1. The van der Waals surface area contributed by atoms with Gasteiger partial charge in [-0.05, 0) is 32.4 Å². The summed E-state index contributed by atoms with van der Waals surface area (Å²) in [5, 5.41) is 0. The predicted octanol–water partition coefficient (Wildman–Crippen LogP) is 2.51. The minimum atomic E-state index is -1.97. The molecule has 0 aromatic carbocycles. The summed E-state index contributed by atoms with van der Waals surface area (Å²) < 4.78 is 11.5. The van der Waals surface area contributed by atoms with E-state index in [9.17, 15) is 4.57 Å². The molecular weight excluding hydrogens is 169 g/mol. The molecular formula is C9H14NOP. The van der Waals surface area contributed by atoms with Crippen LogP contribution in [0.3, 0.4) is 0 Å². The molecule has 12 heavy (non-hydrogen) atoms. The second-order valence-corrected chi connectivity index (χ2v) is 6.97. The molecule has 1 aromatic rings. The lowest BCUT2D eigenvalue weighted by molar-refractivity contribution is 0.581. The molecule has 3 heteroatoms. The number of rotatable bonds is 2. The molecule has 0 N–H and O–H groups in total. The zero-order valence-corrected chi connectivity index (χ0v) is 8.64. The fourth-order valence-corrected chi connectivity index (χ4v) is 2.03. The van der Waals surface area contributed by atoms with Crippen LogP contribution in [0.2, 0.25) is 0 Å². The molecule has 0 unspecified atom stereocenters. The van der Waals surface area contributed by atoms with Crippen molar-refractivity contribution in [1.29, 1.82) is 0 Å². The van der Waals surface area contributed by atoms with Crippen LogP contribution < -0.4 is 0 Å². The van der Waals surface area contributed by atoms with E-state index in [4.69, 9.17) is 0 Å². The first-order valence-electron chi connectivity index (χ1n) is 3.94. The molecule has 1 rings (SSSR count). The first kappa shape index (κ1) is 9.47. The van der Waals surface area contributed by atoms with Gasteiger partial charge < -0.3 is 4.57 Å². The topological polar surface area (TPSA) is 30.0 Å². The van der Waals surface area contributed by atoms with Crippen molar-refractivity contribution in [2.24, 2.45) is 0 Å². The highest BCUT2D eigenvalue weighted by molar-refractivity contribution is 7.61. The minimum absolute atomic E-state index is 0.606. The highest BCUT2D eigenvalue weighted by atomic mass is 31.2. The van der Waals surface area contributed by atoms with Gasteiger partial charge in [0.1, 0.15) is 0 Å². The minimum Gasteiger partial charge on any atom is -0.324 e. The van der Waals surface area contributed by atoms with Crippen molar-refractivity contribution in [1.82, 2.24) is 4.98 Å². The maximum Gasteiger partial charge on any atom is 0.0876 e. The Morgan fingerprint density at radius 1 is 1.42 bits per heavy atom. The van der Waals surface area contributed by atoms with E-state index in [1.165, 1.54) is 0 Å². The van der Waals surface area contributed by atoms with Crippen molar-refractivity contribution < 1.29 is 4.57 Å². The summed E-state index contributed by atoms with van der Waals surface area (Å²) in [5.74, 6) is 0. The molecule has 0 atom stereocenters. The Kier molecular flexibility index (Phi) is 2.69. The van der Waals surface area contributed by atoms with Crippen LogP contribution in [0.15, 0.2) is 18.2 Å². The molecule has 2 nitrogen and oxygen atoms in total. The third kappa shape index (κ3) is 3.19. The van der Waals surface area contributed by atoms with E-state index in [-0.39, 0.29) is 0 Å². The summed E-state index contributed by atoms with van der Waals surface area (Å²) in [6, 6.07) is 5.82. The van der Waals surface area contributed by atoms with E-state index < -0.39 is 7.14 Å². The SMILES string of the molecule is Cc1cccc(CP(C)(C)=O)n1. The van der Waals surface area contributed by atoms with Gasteiger partial charge in [-0.15, -0.1) is 0 Å². The quantitative estimate of drug-likeness (QED) is 0.659. The Morgan fingerprint density at radius 3 is 2.58 bits per heavy atom. The zero-order chi connectivity index (χ0) is 9.19. The fraction of sp³-hybridized carbons (Fsp3) is 0.444. The van der Waals surface area contributed by atoms with Gasteiger partial charge in [-0.2, -0.15) is 0 Å². The Labute approximate surface area is 73.4 Å². The third-order valence-electron chi connectivity index (χ3n) is 1.49. The Hall–Kier alpha value is -0.620. The van der Waals surface area contributed by atoms with Gasteiger partial charge in [0.15, 0.2) is 0 Å². The van der Waals surface area contributed by atoms with Crippen LogP contribution in [-0.4, -0.2) is 18.3 Å². The molecule has 0 saturated carbocycles. The fourth-order valence-electron chi connectivity index (χ4n) is 1.08. The number of aryl methyl sites for hydroxylation is 1. The molecule has 0 radical (unpaired) electrons. The van der Waals surface area contributed by atoms with E-state index in [1.807, 2.05) is 25.1 Å². The van der Waals surface area contributed by atoms with Crippen molar-refractivity contribution in [2.75, 3.05) is 13.3 Å². The van der Waals surface area contributed by atoms with Crippen molar-refractivity contribution in [2.45, 2.75) is 13.1 Å². The van der Waals surface area contributed by atoms with E-state index >= 15 is 0 Å². The van der Waals surface area contributed by atoms with Gasteiger partial charge in [0.25, 0.3) is 0 Å². The standard InChI is InChI=1S/C9H14NOP/c1-8-5-4-6-9(10-8)7-12(2,3)11/h4-6H,7H2,1-3H3. The number of hydrogen-bond acceptors (Lipinski definition) is 2. The monoisotopic (exact) mass is 183 g/mol. The molecule has 0 saturated heterocycles. The summed E-state index contributed by atoms with van der Waals surface area (Å²) >= 11 is 0. The van der Waals surface area contributed by atoms with Crippen LogP contribution in [0.4, 0.5) is 0 Å².